The molecule has 3 heterocycles. The zero-order valence-corrected chi connectivity index (χ0v) is 18.6. The van der Waals surface area contributed by atoms with Crippen LogP contribution < -0.4 is 21.1 Å². The van der Waals surface area contributed by atoms with Crippen molar-refractivity contribution < 1.29 is 13.9 Å². The van der Waals surface area contributed by atoms with E-state index < -0.39 is 12.8 Å². The molecule has 5 aromatic rings. The van der Waals surface area contributed by atoms with E-state index in [2.05, 4.69) is 25.6 Å². The van der Waals surface area contributed by atoms with Crippen molar-refractivity contribution in [3.8, 4) is 5.75 Å². The summed E-state index contributed by atoms with van der Waals surface area (Å²) < 4.78 is 18.1. The Morgan fingerprint density at radius 1 is 1.06 bits per heavy atom. The van der Waals surface area contributed by atoms with Gasteiger partial charge in [0.1, 0.15) is 17.4 Å². The van der Waals surface area contributed by atoms with Crippen molar-refractivity contribution in [3.63, 3.8) is 0 Å². The quantitative estimate of drug-likeness (QED) is 0.304. The Morgan fingerprint density at radius 3 is 2.82 bits per heavy atom. The predicted molar refractivity (Wildman–Crippen MR) is 132 cm³/mol. The molecule has 5 rings (SSSR count). The highest BCUT2D eigenvalue weighted by Crippen LogP contribution is 2.25. The van der Waals surface area contributed by atoms with Crippen LogP contribution in [0.25, 0.3) is 21.0 Å². The molecule has 4 N–H and O–H groups in total. The molecule has 10 heteroatoms. The molecule has 0 aliphatic rings. The summed E-state index contributed by atoms with van der Waals surface area (Å²) in [6.07, 6.45) is 0. The fraction of sp³-hybridized carbons (Fsp3) is 0.0833. The summed E-state index contributed by atoms with van der Waals surface area (Å²) in [5.74, 6) is 0.525. The van der Waals surface area contributed by atoms with Crippen molar-refractivity contribution in [2.24, 2.45) is 0 Å². The third-order valence-electron chi connectivity index (χ3n) is 5.11. The van der Waals surface area contributed by atoms with Crippen LogP contribution in [-0.2, 0) is 6.54 Å². The van der Waals surface area contributed by atoms with Crippen LogP contribution in [0.2, 0.25) is 0 Å². The molecule has 0 saturated carbocycles. The Morgan fingerprint density at radius 2 is 1.94 bits per heavy atom. The summed E-state index contributed by atoms with van der Waals surface area (Å²) in [4.78, 5) is 26.0. The molecule has 0 bridgehead atoms. The van der Waals surface area contributed by atoms with E-state index in [0.717, 1.165) is 26.9 Å². The highest BCUT2D eigenvalue weighted by Gasteiger charge is 2.15. The molecule has 8 nitrogen and oxygen atoms in total. The van der Waals surface area contributed by atoms with Gasteiger partial charge in [-0.1, -0.05) is 30.3 Å². The van der Waals surface area contributed by atoms with Gasteiger partial charge in [-0.05, 0) is 35.0 Å². The van der Waals surface area contributed by atoms with Gasteiger partial charge in [0.25, 0.3) is 5.91 Å². The van der Waals surface area contributed by atoms with Crippen LogP contribution in [0.5, 0.6) is 5.75 Å². The molecule has 0 saturated heterocycles. The number of alkyl halides is 1. The number of halogens is 1. The Hall–Kier alpha value is -4.31. The number of rotatable bonds is 7. The van der Waals surface area contributed by atoms with Gasteiger partial charge >= 0.3 is 0 Å². The zero-order chi connectivity index (χ0) is 23.5. The normalized spacial score (nSPS) is 11.0. The lowest BCUT2D eigenvalue weighted by Crippen LogP contribution is -2.18. The van der Waals surface area contributed by atoms with Gasteiger partial charge < -0.3 is 21.1 Å². The third-order valence-corrected chi connectivity index (χ3v) is 6.04. The Bertz CT molecular complexity index is 1510. The number of carbonyl (C=O) groups excluding carboxylic acids is 1. The first kappa shape index (κ1) is 21.5. The van der Waals surface area contributed by atoms with Crippen LogP contribution in [0.4, 0.5) is 21.7 Å². The maximum absolute atomic E-state index is 12.9. The van der Waals surface area contributed by atoms with Crippen LogP contribution in [0, 0.1) is 0 Å². The highest BCUT2D eigenvalue weighted by atomic mass is 32.1. The second-order valence-electron chi connectivity index (χ2n) is 7.33. The molecule has 2 aromatic carbocycles. The maximum atomic E-state index is 12.9. The minimum Gasteiger partial charge on any atom is -0.463 e. The Kier molecular flexibility index (Phi) is 5.88. The standard InChI is InChI=1S/C24H19FN6O2S/c25-13-33-16-6-3-5-15(11-16)27-12-19-17-7-2-1-4-14(17)10-20(28-19)30-24(32)23-29-18-8-9-34-21(18)22(26)31-23/h1-11,27H,12-13H2,(H2,26,29,31)(H,28,30,32). The molecule has 34 heavy (non-hydrogen) atoms. The number of amides is 1. The van der Waals surface area contributed by atoms with Gasteiger partial charge in [-0.25, -0.2) is 19.3 Å². The minimum atomic E-state index is -0.897. The van der Waals surface area contributed by atoms with E-state index >= 15 is 0 Å². The van der Waals surface area contributed by atoms with Crippen molar-refractivity contribution in [2.75, 3.05) is 23.2 Å². The fourth-order valence-corrected chi connectivity index (χ4v) is 4.31. The van der Waals surface area contributed by atoms with E-state index in [1.54, 1.807) is 30.3 Å². The number of carbonyl (C=O) groups is 1. The molecule has 0 atom stereocenters. The summed E-state index contributed by atoms with van der Waals surface area (Å²) in [6.45, 7) is -0.528. The van der Waals surface area contributed by atoms with Crippen LogP contribution in [-0.4, -0.2) is 27.7 Å². The number of benzene rings is 2. The largest absolute Gasteiger partial charge is 0.463 e. The Labute approximate surface area is 197 Å². The molecular weight excluding hydrogens is 455 g/mol. The van der Waals surface area contributed by atoms with Gasteiger partial charge in [0.05, 0.1) is 22.5 Å². The van der Waals surface area contributed by atoms with E-state index in [4.69, 9.17) is 10.5 Å². The monoisotopic (exact) mass is 474 g/mol. The van der Waals surface area contributed by atoms with Crippen LogP contribution >= 0.6 is 11.3 Å². The number of thiophene rings is 1. The van der Waals surface area contributed by atoms with Crippen molar-refractivity contribution in [2.45, 2.75) is 6.54 Å². The number of ether oxygens (including phenoxy) is 1. The number of nitrogens with two attached hydrogens (primary N) is 1. The van der Waals surface area contributed by atoms with Gasteiger partial charge in [-0.15, -0.1) is 11.3 Å². The SMILES string of the molecule is Nc1nc(C(=O)Nc2cc3ccccc3c(CNc3cccc(OCF)c3)n2)nc2ccsc12. The van der Waals surface area contributed by atoms with E-state index in [1.165, 1.54) is 11.3 Å². The molecule has 0 spiro atoms. The van der Waals surface area contributed by atoms with Crippen molar-refractivity contribution in [3.05, 3.63) is 77.6 Å². The smallest absolute Gasteiger partial charge is 0.294 e. The number of nitrogens with one attached hydrogen (secondary N) is 2. The molecule has 0 fully saturated rings. The van der Waals surface area contributed by atoms with Gasteiger partial charge in [0.2, 0.25) is 12.7 Å². The summed E-state index contributed by atoms with van der Waals surface area (Å²) in [5, 5.41) is 9.75. The molecule has 0 aliphatic carbocycles. The molecule has 3 aromatic heterocycles. The van der Waals surface area contributed by atoms with E-state index in [-0.39, 0.29) is 11.6 Å². The summed E-state index contributed by atoms with van der Waals surface area (Å²) in [6, 6.07) is 18.3. The van der Waals surface area contributed by atoms with Crippen LogP contribution in [0.15, 0.2) is 66.0 Å². The maximum Gasteiger partial charge on any atom is 0.294 e. The van der Waals surface area contributed by atoms with Crippen molar-refractivity contribution in [1.29, 1.82) is 0 Å². The number of pyridine rings is 1. The number of anilines is 3. The van der Waals surface area contributed by atoms with Gasteiger partial charge in [-0.3, -0.25) is 4.79 Å². The lowest BCUT2D eigenvalue weighted by atomic mass is 10.1. The number of nitrogens with zero attached hydrogens (tertiary/aromatic N) is 3. The number of aromatic nitrogens is 3. The summed E-state index contributed by atoms with van der Waals surface area (Å²) >= 11 is 1.42. The Balaban J connectivity index is 1.42. The van der Waals surface area contributed by atoms with Gasteiger partial charge in [-0.2, -0.15) is 0 Å². The highest BCUT2D eigenvalue weighted by molar-refractivity contribution is 7.17. The lowest BCUT2D eigenvalue weighted by Gasteiger charge is -2.12. The molecular formula is C24H19FN6O2S. The van der Waals surface area contributed by atoms with E-state index in [9.17, 15) is 9.18 Å². The predicted octanol–water partition coefficient (Wildman–Crippen LogP) is 4.99. The van der Waals surface area contributed by atoms with Crippen molar-refractivity contribution in [1.82, 2.24) is 15.0 Å². The first-order valence-electron chi connectivity index (χ1n) is 10.3. The van der Waals surface area contributed by atoms with Gasteiger partial charge in [0.15, 0.2) is 0 Å². The van der Waals surface area contributed by atoms with Crippen molar-refractivity contribution >= 4 is 55.6 Å². The molecule has 0 unspecified atom stereocenters. The second kappa shape index (κ2) is 9.28. The van der Waals surface area contributed by atoms with E-state index in [0.29, 0.717) is 23.6 Å². The zero-order valence-electron chi connectivity index (χ0n) is 17.8. The molecule has 1 amide bonds. The number of hydrogen-bond donors (Lipinski definition) is 3. The fourth-order valence-electron chi connectivity index (χ4n) is 3.57. The van der Waals surface area contributed by atoms with Crippen LogP contribution in [0.3, 0.4) is 0 Å². The second-order valence-corrected chi connectivity index (χ2v) is 8.25. The minimum absolute atomic E-state index is 0.0253. The molecule has 0 aliphatic heterocycles. The first-order chi connectivity index (χ1) is 16.6. The summed E-state index contributed by atoms with van der Waals surface area (Å²) in [7, 11) is 0. The number of nitrogen functional groups attached to an aromatic ring is 1. The molecule has 170 valence electrons. The topological polar surface area (TPSA) is 115 Å². The molecule has 0 radical (unpaired) electrons. The number of hydrogen-bond acceptors (Lipinski definition) is 8. The average molecular weight is 475 g/mol. The van der Waals surface area contributed by atoms with Gasteiger partial charge in [0, 0.05) is 17.1 Å². The average Bonchev–Trinajstić information content (AvgIpc) is 3.32. The van der Waals surface area contributed by atoms with Crippen LogP contribution in [0.1, 0.15) is 16.3 Å². The first-order valence-corrected chi connectivity index (χ1v) is 11.2. The summed E-state index contributed by atoms with van der Waals surface area (Å²) in [5.41, 5.74) is 8.07. The third kappa shape index (κ3) is 4.44. The lowest BCUT2D eigenvalue weighted by molar-refractivity contribution is 0.101. The van der Waals surface area contributed by atoms with E-state index in [1.807, 2.05) is 35.7 Å². The number of fused-ring (bicyclic) bond motifs is 2.